The fraction of sp³-hybridized carbons (Fsp3) is 0.222. The minimum atomic E-state index is -5.77. The molecule has 0 radical (unpaired) electrons. The van der Waals surface area contributed by atoms with Gasteiger partial charge in [0, 0.05) is 17.3 Å². The number of carbonyl (C=O) groups excluding carboxylic acids is 3. The van der Waals surface area contributed by atoms with Gasteiger partial charge < -0.3 is 9.42 Å². The lowest BCUT2D eigenvalue weighted by molar-refractivity contribution is -0.193. The zero-order valence-electron chi connectivity index (χ0n) is 24.4. The van der Waals surface area contributed by atoms with E-state index in [1.807, 2.05) is 25.1 Å². The average molecular weight is 713 g/mol. The highest BCUT2D eigenvalue weighted by Gasteiger charge is 2.54. The van der Waals surface area contributed by atoms with Crippen molar-refractivity contribution in [1.29, 1.82) is 0 Å². The van der Waals surface area contributed by atoms with Crippen LogP contribution in [0.5, 0.6) is 0 Å². The second-order valence-corrected chi connectivity index (χ2v) is 9.61. The van der Waals surface area contributed by atoms with Gasteiger partial charge in [0.15, 0.2) is 0 Å². The van der Waals surface area contributed by atoms with Gasteiger partial charge in [0.2, 0.25) is 18.0 Å². The Balaban J connectivity index is 0.000000301. The number of fused-ring (bicyclic) bond motifs is 1. The lowest BCUT2D eigenvalue weighted by atomic mass is 10.0. The van der Waals surface area contributed by atoms with Crippen LogP contribution in [0.15, 0.2) is 53.4 Å². The molecule has 5 rings (SSSR count). The Kier molecular flexibility index (Phi) is 11.4. The van der Waals surface area contributed by atoms with Crippen LogP contribution in [0.1, 0.15) is 5.89 Å². The highest BCUT2D eigenvalue weighted by molar-refractivity contribution is 6.41. The Labute approximate surface area is 265 Å². The molecule has 0 aliphatic rings. The van der Waals surface area contributed by atoms with Gasteiger partial charge >= 0.3 is 30.1 Å². The fourth-order valence-corrected chi connectivity index (χ4v) is 3.69. The predicted octanol–water partition coefficient (Wildman–Crippen LogP) is 5.78. The Hall–Kier alpha value is -5.54. The molecular weight excluding hydrogens is 695 g/mol. The van der Waals surface area contributed by atoms with Crippen molar-refractivity contribution in [2.75, 3.05) is 14.1 Å². The zero-order valence-corrected chi connectivity index (χ0v) is 24.4. The van der Waals surface area contributed by atoms with Crippen molar-refractivity contribution in [3.8, 4) is 33.9 Å². The Morgan fingerprint density at radius 2 is 1.49 bits per heavy atom. The molecule has 0 aliphatic carbocycles. The largest absolute Gasteiger partial charge is 0.458 e. The van der Waals surface area contributed by atoms with Crippen molar-refractivity contribution in [2.45, 2.75) is 25.1 Å². The average Bonchev–Trinajstić information content (AvgIpc) is 3.75. The monoisotopic (exact) mass is 713 g/mol. The van der Waals surface area contributed by atoms with Crippen LogP contribution in [0, 0.1) is 11.6 Å². The van der Waals surface area contributed by atoms with Crippen molar-refractivity contribution in [3.05, 3.63) is 66.4 Å². The van der Waals surface area contributed by atoms with E-state index in [-0.39, 0.29) is 11.3 Å². The molecule has 1 N–H and O–H groups in total. The minimum absolute atomic E-state index is 0.160. The highest BCUT2D eigenvalue weighted by atomic mass is 19.4. The van der Waals surface area contributed by atoms with Crippen LogP contribution in [0.4, 0.5) is 48.3 Å². The number of rotatable bonds is 6. The number of nitrogens with one attached hydrogen (secondary N) is 1. The second kappa shape index (κ2) is 14.7. The third-order valence-electron chi connectivity index (χ3n) is 5.67. The number of aromatic amines is 1. The summed E-state index contributed by atoms with van der Waals surface area (Å²) in [4.78, 5) is 38.7. The van der Waals surface area contributed by atoms with E-state index in [4.69, 9.17) is 9.32 Å². The molecule has 4 aromatic heterocycles. The molecule has 22 heteroatoms. The molecule has 49 heavy (non-hydrogen) atoms. The van der Waals surface area contributed by atoms with Gasteiger partial charge in [0.05, 0.1) is 30.2 Å². The molecular formula is C27H18F11N7O4. The molecule has 5 aromatic rings. The number of hydrogen-bond donors (Lipinski definition) is 1. The molecule has 11 nitrogen and oxygen atoms in total. The molecule has 0 unspecified atom stereocenters. The Bertz CT molecular complexity index is 1900. The van der Waals surface area contributed by atoms with E-state index in [1.165, 1.54) is 24.4 Å². The van der Waals surface area contributed by atoms with Crippen molar-refractivity contribution >= 4 is 23.5 Å². The first-order valence-electron chi connectivity index (χ1n) is 12.8. The molecule has 262 valence electrons. The number of carbonyl (C=O) groups is 3. The van der Waals surface area contributed by atoms with Crippen LogP contribution in [0.3, 0.4) is 0 Å². The quantitative estimate of drug-likeness (QED) is 0.132. The van der Waals surface area contributed by atoms with E-state index in [0.29, 0.717) is 40.7 Å². The molecule has 1 aromatic carbocycles. The van der Waals surface area contributed by atoms with Crippen LogP contribution in [-0.4, -0.2) is 85.1 Å². The van der Waals surface area contributed by atoms with Crippen LogP contribution in [0.2, 0.25) is 0 Å². The summed E-state index contributed by atoms with van der Waals surface area (Å²) < 4.78 is 134. The maximum atomic E-state index is 14.4. The third-order valence-corrected chi connectivity index (χ3v) is 5.67. The third kappa shape index (κ3) is 9.74. The van der Waals surface area contributed by atoms with E-state index >= 15 is 0 Å². The number of halogens is 11. The highest BCUT2D eigenvalue weighted by Crippen LogP contribution is 2.34. The molecule has 0 aliphatic heterocycles. The maximum absolute atomic E-state index is 14.4. The van der Waals surface area contributed by atoms with Gasteiger partial charge in [-0.15, -0.1) is 0 Å². The van der Waals surface area contributed by atoms with E-state index in [1.54, 1.807) is 22.9 Å². The number of aldehydes is 1. The predicted molar refractivity (Wildman–Crippen MR) is 143 cm³/mol. The number of alkyl halides is 9. The van der Waals surface area contributed by atoms with E-state index in [9.17, 15) is 57.9 Å². The number of pyridine rings is 1. The van der Waals surface area contributed by atoms with Crippen molar-refractivity contribution < 1.29 is 67.2 Å². The first kappa shape index (κ1) is 37.9. The standard InChI is InChI=1S/C21H17F2N7O.C4F6O2.C2HF3O/c1-29(2)11-18-26-21(28-31-18)16-9-24-17-7-6-12(10-30(16)17)13-8-25-27-20(13)19-14(22)4-3-5-15(19)23;5-3(6,7)1(11)2(12)4(8,9)10;3-2(4,5)1-6/h3-10H,11H2,1-2H3,(H,25,27);;1H. The minimum Gasteiger partial charge on any atom is -0.337 e. The summed E-state index contributed by atoms with van der Waals surface area (Å²) >= 11 is 0. The fourth-order valence-electron chi connectivity index (χ4n) is 3.69. The van der Waals surface area contributed by atoms with Gasteiger partial charge in [0.25, 0.3) is 0 Å². The number of ketones is 2. The molecule has 0 saturated heterocycles. The number of imidazole rings is 1. The number of nitrogens with zero attached hydrogens (tertiary/aromatic N) is 6. The number of H-pyrrole nitrogens is 1. The van der Waals surface area contributed by atoms with Gasteiger partial charge in [0.1, 0.15) is 23.0 Å². The van der Waals surface area contributed by atoms with Crippen LogP contribution < -0.4 is 0 Å². The van der Waals surface area contributed by atoms with Crippen LogP contribution in [-0.2, 0) is 20.9 Å². The molecule has 0 spiro atoms. The van der Waals surface area contributed by atoms with Gasteiger partial charge in [-0.3, -0.25) is 23.9 Å². The van der Waals surface area contributed by atoms with Crippen molar-refractivity contribution in [3.63, 3.8) is 0 Å². The van der Waals surface area contributed by atoms with Crippen molar-refractivity contribution in [1.82, 2.24) is 34.6 Å². The normalized spacial score (nSPS) is 11.9. The topological polar surface area (TPSA) is 139 Å². The molecule has 0 saturated carbocycles. The lowest BCUT2D eigenvalue weighted by Crippen LogP contribution is -2.39. The van der Waals surface area contributed by atoms with Crippen LogP contribution >= 0.6 is 0 Å². The van der Waals surface area contributed by atoms with Gasteiger partial charge in [-0.25, -0.2) is 13.8 Å². The summed E-state index contributed by atoms with van der Waals surface area (Å²) in [5.74, 6) is -7.28. The Morgan fingerprint density at radius 1 is 0.918 bits per heavy atom. The summed E-state index contributed by atoms with van der Waals surface area (Å²) in [7, 11) is 3.82. The summed E-state index contributed by atoms with van der Waals surface area (Å²) in [6.07, 6.45) is -12.3. The maximum Gasteiger partial charge on any atom is 0.458 e. The van der Waals surface area contributed by atoms with Gasteiger partial charge in [-0.2, -0.15) is 49.6 Å². The number of benzene rings is 1. The van der Waals surface area contributed by atoms with E-state index in [2.05, 4.69) is 25.3 Å². The summed E-state index contributed by atoms with van der Waals surface area (Å²) in [5.41, 5.74) is 2.63. The van der Waals surface area contributed by atoms with Gasteiger partial charge in [-0.05, 0) is 38.4 Å². The number of aromatic nitrogens is 6. The summed E-state index contributed by atoms with van der Waals surface area (Å²) in [6, 6.07) is 7.36. The molecule has 0 atom stereocenters. The van der Waals surface area contributed by atoms with E-state index < -0.39 is 48.0 Å². The van der Waals surface area contributed by atoms with Crippen molar-refractivity contribution in [2.24, 2.45) is 0 Å². The second-order valence-electron chi connectivity index (χ2n) is 9.61. The molecule has 4 heterocycles. The smallest absolute Gasteiger partial charge is 0.337 e. The SMILES string of the molecule is CN(C)Cc1nc(-c2cnc3ccc(-c4cn[nH]c4-c4c(F)cccc4F)cn23)no1.O=C(C(=O)C(F)(F)F)C(F)(F)F.O=CC(F)(F)F. The zero-order chi connectivity index (χ0) is 36.9. The number of hydrogen-bond acceptors (Lipinski definition) is 9. The van der Waals surface area contributed by atoms with Gasteiger partial charge in [-0.1, -0.05) is 11.2 Å². The first-order chi connectivity index (χ1) is 22.6. The summed E-state index contributed by atoms with van der Waals surface area (Å²) in [5, 5.41) is 10.8. The number of Topliss-reactive ketones (excluding diaryl/α,β-unsaturated/α-hetero) is 2. The van der Waals surface area contributed by atoms with E-state index in [0.717, 1.165) is 0 Å². The molecule has 0 bridgehead atoms. The lowest BCUT2D eigenvalue weighted by Gasteiger charge is -2.07. The summed E-state index contributed by atoms with van der Waals surface area (Å²) in [6.45, 7) is 0.515. The first-order valence-corrected chi connectivity index (χ1v) is 12.8. The molecule has 0 fully saturated rings. The van der Waals surface area contributed by atoms with Crippen LogP contribution in [0.25, 0.3) is 39.5 Å². The Morgan fingerprint density at radius 3 is 2.00 bits per heavy atom. The molecule has 0 amide bonds.